The highest BCUT2D eigenvalue weighted by molar-refractivity contribution is 8.00. The summed E-state index contributed by atoms with van der Waals surface area (Å²) in [6, 6.07) is 8.13. The van der Waals surface area contributed by atoms with Crippen LogP contribution in [0.5, 0.6) is 0 Å². The van der Waals surface area contributed by atoms with Gasteiger partial charge in [0.25, 0.3) is 0 Å². The van der Waals surface area contributed by atoms with E-state index in [-0.39, 0.29) is 11.2 Å². The molecule has 0 saturated heterocycles. The maximum absolute atomic E-state index is 12.3. The molecule has 5 nitrogen and oxygen atoms in total. The number of aromatic amines is 1. The van der Waals surface area contributed by atoms with Gasteiger partial charge in [-0.15, -0.1) is 5.10 Å². The molecular weight excluding hydrogens is 332 g/mol. The molecule has 0 aliphatic heterocycles. The number of hydrogen-bond donors (Lipinski definition) is 2. The second-order valence-electron chi connectivity index (χ2n) is 6.84. The summed E-state index contributed by atoms with van der Waals surface area (Å²) in [5.74, 6) is 1.45. The first-order chi connectivity index (χ1) is 12.1. The Kier molecular flexibility index (Phi) is 6.13. The summed E-state index contributed by atoms with van der Waals surface area (Å²) in [5, 5.41) is 10.7. The Bertz CT molecular complexity index is 692. The normalized spacial score (nSPS) is 16.6. The molecule has 1 aromatic carbocycles. The van der Waals surface area contributed by atoms with Gasteiger partial charge in [-0.2, -0.15) is 0 Å². The number of aryl methyl sites for hydroxylation is 1. The first kappa shape index (κ1) is 18.0. The number of carbonyl (C=O) groups is 1. The molecule has 1 atom stereocenters. The number of nitrogens with one attached hydrogen (secondary N) is 2. The van der Waals surface area contributed by atoms with Gasteiger partial charge in [0.15, 0.2) is 5.82 Å². The molecule has 3 rings (SSSR count). The Morgan fingerprint density at radius 1 is 1.28 bits per heavy atom. The molecule has 0 unspecified atom stereocenters. The second kappa shape index (κ2) is 8.52. The summed E-state index contributed by atoms with van der Waals surface area (Å²) in [6.07, 6.45) is 6.41. The lowest BCUT2D eigenvalue weighted by Crippen LogP contribution is -2.35. The van der Waals surface area contributed by atoms with E-state index in [4.69, 9.17) is 0 Å². The summed E-state index contributed by atoms with van der Waals surface area (Å²) in [5.41, 5.74) is 2.21. The van der Waals surface area contributed by atoms with E-state index in [0.717, 1.165) is 17.9 Å². The maximum atomic E-state index is 12.3. The first-order valence-corrected chi connectivity index (χ1v) is 9.93. The lowest BCUT2D eigenvalue weighted by molar-refractivity contribution is -0.120. The van der Waals surface area contributed by atoms with Crippen LogP contribution in [0.4, 0.5) is 0 Å². The molecule has 6 heteroatoms. The van der Waals surface area contributed by atoms with Crippen LogP contribution in [0.2, 0.25) is 0 Å². The number of rotatable bonds is 6. The second-order valence-corrected chi connectivity index (χ2v) is 8.15. The SMILES string of the molecule is Cc1ccc(-c2nc(S[C@H](C)C(=O)NCC3CCCCC3)n[nH]2)cc1. The van der Waals surface area contributed by atoms with Crippen LogP contribution in [-0.2, 0) is 4.79 Å². The molecule has 1 aromatic heterocycles. The highest BCUT2D eigenvalue weighted by Crippen LogP contribution is 2.24. The van der Waals surface area contributed by atoms with Gasteiger partial charge in [-0.05, 0) is 32.6 Å². The van der Waals surface area contributed by atoms with Crippen molar-refractivity contribution in [3.63, 3.8) is 0 Å². The Hall–Kier alpha value is -1.82. The van der Waals surface area contributed by atoms with Gasteiger partial charge in [-0.25, -0.2) is 4.98 Å². The van der Waals surface area contributed by atoms with E-state index in [1.165, 1.54) is 49.4 Å². The van der Waals surface area contributed by atoms with E-state index < -0.39 is 0 Å². The molecule has 0 radical (unpaired) electrons. The predicted octanol–water partition coefficient (Wildman–Crippen LogP) is 3.96. The van der Waals surface area contributed by atoms with Crippen molar-refractivity contribution in [2.45, 2.75) is 56.4 Å². The van der Waals surface area contributed by atoms with Crippen LogP contribution in [-0.4, -0.2) is 32.9 Å². The molecule has 0 spiro atoms. The molecule has 0 bridgehead atoms. The molecule has 2 aromatic rings. The Balaban J connectivity index is 1.51. The van der Waals surface area contributed by atoms with Gasteiger partial charge in [0.1, 0.15) is 0 Å². The van der Waals surface area contributed by atoms with Crippen molar-refractivity contribution in [3.05, 3.63) is 29.8 Å². The zero-order valence-electron chi connectivity index (χ0n) is 14.9. The lowest BCUT2D eigenvalue weighted by atomic mass is 9.89. The maximum Gasteiger partial charge on any atom is 0.233 e. The smallest absolute Gasteiger partial charge is 0.233 e. The van der Waals surface area contributed by atoms with E-state index >= 15 is 0 Å². The van der Waals surface area contributed by atoms with E-state index in [1.54, 1.807) is 0 Å². The number of benzene rings is 1. The quantitative estimate of drug-likeness (QED) is 0.767. The van der Waals surface area contributed by atoms with Gasteiger partial charge in [-0.3, -0.25) is 9.89 Å². The highest BCUT2D eigenvalue weighted by atomic mass is 32.2. The molecule has 1 aliphatic rings. The molecule has 1 aliphatic carbocycles. The summed E-state index contributed by atoms with van der Waals surface area (Å²) < 4.78 is 0. The van der Waals surface area contributed by atoms with Crippen LogP contribution in [0, 0.1) is 12.8 Å². The number of aromatic nitrogens is 3. The first-order valence-electron chi connectivity index (χ1n) is 9.05. The minimum Gasteiger partial charge on any atom is -0.355 e. The van der Waals surface area contributed by atoms with Gasteiger partial charge >= 0.3 is 0 Å². The summed E-state index contributed by atoms with van der Waals surface area (Å²) in [6.45, 7) is 4.76. The number of amides is 1. The summed E-state index contributed by atoms with van der Waals surface area (Å²) >= 11 is 1.39. The van der Waals surface area contributed by atoms with Crippen LogP contribution in [0.3, 0.4) is 0 Å². The molecule has 1 heterocycles. The van der Waals surface area contributed by atoms with Gasteiger partial charge < -0.3 is 5.32 Å². The number of nitrogens with zero attached hydrogens (tertiary/aromatic N) is 2. The average molecular weight is 359 g/mol. The molecule has 1 amide bonds. The molecule has 25 heavy (non-hydrogen) atoms. The van der Waals surface area contributed by atoms with E-state index in [9.17, 15) is 4.79 Å². The van der Waals surface area contributed by atoms with Crippen LogP contribution >= 0.6 is 11.8 Å². The van der Waals surface area contributed by atoms with Crippen LogP contribution < -0.4 is 5.32 Å². The van der Waals surface area contributed by atoms with Gasteiger partial charge in [0, 0.05) is 12.1 Å². The fourth-order valence-corrected chi connectivity index (χ4v) is 3.88. The Morgan fingerprint density at radius 3 is 2.72 bits per heavy atom. The Labute approximate surface area is 153 Å². The third-order valence-electron chi connectivity index (χ3n) is 4.73. The standard InChI is InChI=1S/C19H26N4OS/c1-13-8-10-16(11-9-13)17-21-19(23-22-17)25-14(2)18(24)20-12-15-6-4-3-5-7-15/h8-11,14-15H,3-7,12H2,1-2H3,(H,20,24)(H,21,22,23)/t14-/m1/s1. The lowest BCUT2D eigenvalue weighted by Gasteiger charge is -2.22. The third kappa shape index (κ3) is 5.08. The Morgan fingerprint density at radius 2 is 2.00 bits per heavy atom. The molecule has 2 N–H and O–H groups in total. The van der Waals surface area contributed by atoms with Gasteiger partial charge in [0.05, 0.1) is 5.25 Å². The molecule has 1 saturated carbocycles. The van der Waals surface area contributed by atoms with Crippen molar-refractivity contribution < 1.29 is 4.79 Å². The fourth-order valence-electron chi connectivity index (χ4n) is 3.13. The van der Waals surface area contributed by atoms with Crippen molar-refractivity contribution in [1.82, 2.24) is 20.5 Å². The topological polar surface area (TPSA) is 70.7 Å². The number of carbonyl (C=O) groups excluding carboxylic acids is 1. The van der Waals surface area contributed by atoms with Crippen molar-refractivity contribution in [3.8, 4) is 11.4 Å². The fraction of sp³-hybridized carbons (Fsp3) is 0.526. The molecule has 1 fully saturated rings. The number of H-pyrrole nitrogens is 1. The summed E-state index contributed by atoms with van der Waals surface area (Å²) in [7, 11) is 0. The number of thioether (sulfide) groups is 1. The van der Waals surface area contributed by atoms with Gasteiger partial charge in [-0.1, -0.05) is 60.9 Å². The minimum absolute atomic E-state index is 0.0669. The van der Waals surface area contributed by atoms with Crippen molar-refractivity contribution in [1.29, 1.82) is 0 Å². The zero-order chi connectivity index (χ0) is 17.6. The van der Waals surface area contributed by atoms with Crippen molar-refractivity contribution in [2.24, 2.45) is 5.92 Å². The van der Waals surface area contributed by atoms with E-state index in [2.05, 4.69) is 27.4 Å². The predicted molar refractivity (Wildman–Crippen MR) is 101 cm³/mol. The van der Waals surface area contributed by atoms with Crippen molar-refractivity contribution in [2.75, 3.05) is 6.54 Å². The van der Waals surface area contributed by atoms with Crippen LogP contribution in [0.25, 0.3) is 11.4 Å². The molecule has 134 valence electrons. The largest absolute Gasteiger partial charge is 0.355 e. The zero-order valence-corrected chi connectivity index (χ0v) is 15.7. The van der Waals surface area contributed by atoms with Crippen LogP contribution in [0.1, 0.15) is 44.6 Å². The molecular formula is C19H26N4OS. The number of hydrogen-bond acceptors (Lipinski definition) is 4. The third-order valence-corrected chi connectivity index (χ3v) is 5.69. The van der Waals surface area contributed by atoms with Crippen molar-refractivity contribution >= 4 is 17.7 Å². The van der Waals surface area contributed by atoms with E-state index in [1.807, 2.05) is 31.2 Å². The monoisotopic (exact) mass is 358 g/mol. The average Bonchev–Trinajstić information content (AvgIpc) is 3.09. The summed E-state index contributed by atoms with van der Waals surface area (Å²) in [4.78, 5) is 16.8. The van der Waals surface area contributed by atoms with Gasteiger partial charge in [0.2, 0.25) is 11.1 Å². The minimum atomic E-state index is -0.203. The van der Waals surface area contributed by atoms with Crippen LogP contribution in [0.15, 0.2) is 29.4 Å². The highest BCUT2D eigenvalue weighted by Gasteiger charge is 2.19. The van der Waals surface area contributed by atoms with E-state index in [0.29, 0.717) is 11.1 Å².